The van der Waals surface area contributed by atoms with Crippen LogP contribution in [0.25, 0.3) is 5.69 Å². The van der Waals surface area contributed by atoms with Crippen molar-refractivity contribution in [2.24, 2.45) is 17.6 Å². The van der Waals surface area contributed by atoms with Crippen molar-refractivity contribution >= 4 is 11.8 Å². The molecule has 5 rings (SSSR count). The molecule has 10 heteroatoms. The molecule has 2 N–H and O–H groups in total. The third-order valence-electron chi connectivity index (χ3n) is 7.14. The van der Waals surface area contributed by atoms with Crippen LogP contribution >= 0.6 is 0 Å². The molecule has 0 bridgehead atoms. The van der Waals surface area contributed by atoms with Gasteiger partial charge in [0.15, 0.2) is 5.69 Å². The number of alkyl halides is 3. The highest BCUT2D eigenvalue weighted by atomic mass is 19.4. The van der Waals surface area contributed by atoms with Crippen molar-refractivity contribution in [3.63, 3.8) is 0 Å². The van der Waals surface area contributed by atoms with Crippen LogP contribution in [-0.4, -0.2) is 64.1 Å². The number of carbonyl (C=O) groups is 2. The Hall–Kier alpha value is -3.66. The van der Waals surface area contributed by atoms with E-state index in [9.17, 15) is 22.8 Å². The molecule has 193 valence electrons. The van der Waals surface area contributed by atoms with Crippen molar-refractivity contribution in [2.45, 2.75) is 12.6 Å². The predicted octanol–water partition coefficient (Wildman–Crippen LogP) is 3.64. The van der Waals surface area contributed by atoms with Gasteiger partial charge >= 0.3 is 6.18 Å². The molecule has 2 aliphatic rings. The van der Waals surface area contributed by atoms with Crippen LogP contribution in [0.1, 0.15) is 38.4 Å². The standard InChI is InChI=1S/C27H27F3N5O2/c28-27(29,30)24-23(13-32-35(24)22-10-8-19(9-11-22)25(31)36)26(37)34-16-20-14-33(15-21(20)17-34)12-4-7-18-5-2-1-3-6-18/h1-3,5-11,13,20-21H,4,12,14-17H2,(H2,31,36)/t20-,21?/m0/s1. The second-order valence-electron chi connectivity index (χ2n) is 9.62. The molecule has 1 radical (unpaired) electrons. The van der Waals surface area contributed by atoms with E-state index in [0.717, 1.165) is 32.3 Å². The second kappa shape index (κ2) is 10.0. The van der Waals surface area contributed by atoms with Crippen LogP contribution in [0, 0.1) is 18.3 Å². The molecule has 2 amide bonds. The maximum atomic E-state index is 14.1. The number of aromatic nitrogens is 2. The van der Waals surface area contributed by atoms with Gasteiger partial charge in [-0.05, 0) is 61.1 Å². The van der Waals surface area contributed by atoms with Crippen LogP contribution in [-0.2, 0) is 6.18 Å². The average molecular weight is 511 g/mol. The minimum Gasteiger partial charge on any atom is -0.366 e. The Labute approximate surface area is 212 Å². The van der Waals surface area contributed by atoms with Crippen molar-refractivity contribution in [1.82, 2.24) is 19.6 Å². The van der Waals surface area contributed by atoms with E-state index in [4.69, 9.17) is 5.73 Å². The highest BCUT2D eigenvalue weighted by Gasteiger charge is 2.45. The maximum absolute atomic E-state index is 14.1. The summed E-state index contributed by atoms with van der Waals surface area (Å²) in [4.78, 5) is 28.4. The van der Waals surface area contributed by atoms with Crippen molar-refractivity contribution in [2.75, 3.05) is 32.7 Å². The van der Waals surface area contributed by atoms with Gasteiger partial charge < -0.3 is 15.5 Å². The molecule has 7 nitrogen and oxygen atoms in total. The summed E-state index contributed by atoms with van der Waals surface area (Å²) < 4.78 is 43.0. The Bertz CT molecular complexity index is 1260. The molecular weight excluding hydrogens is 483 g/mol. The monoisotopic (exact) mass is 510 g/mol. The Morgan fingerprint density at radius 3 is 2.22 bits per heavy atom. The molecule has 0 saturated carbocycles. The van der Waals surface area contributed by atoms with E-state index in [-0.39, 0.29) is 23.1 Å². The number of hydrogen-bond acceptors (Lipinski definition) is 4. The van der Waals surface area contributed by atoms with E-state index in [0.29, 0.717) is 17.8 Å². The molecular formula is C27H27F3N5O2. The minimum absolute atomic E-state index is 0.0811. The zero-order valence-corrected chi connectivity index (χ0v) is 20.1. The number of rotatable bonds is 7. The van der Waals surface area contributed by atoms with E-state index in [1.807, 2.05) is 18.2 Å². The first-order chi connectivity index (χ1) is 17.7. The Morgan fingerprint density at radius 2 is 1.62 bits per heavy atom. The van der Waals surface area contributed by atoms with Crippen molar-refractivity contribution < 1.29 is 22.8 Å². The lowest BCUT2D eigenvalue weighted by Crippen LogP contribution is -2.34. The quantitative estimate of drug-likeness (QED) is 0.526. The summed E-state index contributed by atoms with van der Waals surface area (Å²) >= 11 is 0. The van der Waals surface area contributed by atoms with Crippen LogP contribution in [0.4, 0.5) is 13.2 Å². The highest BCUT2D eigenvalue weighted by molar-refractivity contribution is 5.96. The van der Waals surface area contributed by atoms with Crippen molar-refractivity contribution in [1.29, 1.82) is 0 Å². The van der Waals surface area contributed by atoms with E-state index in [1.165, 1.54) is 34.7 Å². The summed E-state index contributed by atoms with van der Waals surface area (Å²) in [5.41, 5.74) is 5.05. The second-order valence-corrected chi connectivity index (χ2v) is 9.62. The molecule has 37 heavy (non-hydrogen) atoms. The first-order valence-corrected chi connectivity index (χ1v) is 12.2. The van der Waals surface area contributed by atoms with Crippen LogP contribution in [0.3, 0.4) is 0 Å². The zero-order chi connectivity index (χ0) is 26.2. The Balaban J connectivity index is 1.24. The first-order valence-electron chi connectivity index (χ1n) is 12.2. The molecule has 2 aliphatic heterocycles. The first kappa shape index (κ1) is 25.0. The van der Waals surface area contributed by atoms with Crippen molar-refractivity contribution in [3.8, 4) is 5.69 Å². The normalized spacial score (nSPS) is 19.8. The van der Waals surface area contributed by atoms with Gasteiger partial charge in [0.1, 0.15) is 0 Å². The molecule has 0 spiro atoms. The highest BCUT2D eigenvalue weighted by Crippen LogP contribution is 2.37. The van der Waals surface area contributed by atoms with Gasteiger partial charge in [-0.1, -0.05) is 30.3 Å². The third-order valence-corrected chi connectivity index (χ3v) is 7.14. The number of nitrogens with two attached hydrogens (primary N) is 1. The molecule has 2 saturated heterocycles. The van der Waals surface area contributed by atoms with Gasteiger partial charge in [0.2, 0.25) is 5.91 Å². The number of carbonyl (C=O) groups excluding carboxylic acids is 2. The number of amides is 2. The third kappa shape index (κ3) is 5.24. The molecule has 3 aromatic rings. The fourth-order valence-corrected chi connectivity index (χ4v) is 5.35. The number of benzene rings is 2. The minimum atomic E-state index is -4.80. The average Bonchev–Trinajstić information content (AvgIpc) is 3.58. The lowest BCUT2D eigenvalue weighted by molar-refractivity contribution is -0.143. The smallest absolute Gasteiger partial charge is 0.366 e. The van der Waals surface area contributed by atoms with Crippen LogP contribution in [0.5, 0.6) is 0 Å². The number of nitrogens with zero attached hydrogens (tertiary/aromatic N) is 4. The van der Waals surface area contributed by atoms with Gasteiger partial charge in [-0.25, -0.2) is 4.68 Å². The number of halogens is 3. The van der Waals surface area contributed by atoms with Gasteiger partial charge in [0.05, 0.1) is 17.4 Å². The summed E-state index contributed by atoms with van der Waals surface area (Å²) in [6.07, 6.45) is -0.708. The Kier molecular flexibility index (Phi) is 6.76. The number of primary amides is 1. The fourth-order valence-electron chi connectivity index (χ4n) is 5.35. The number of fused-ring (bicyclic) bond motifs is 1. The lowest BCUT2D eigenvalue weighted by Gasteiger charge is -2.22. The Morgan fingerprint density at radius 1 is 0.973 bits per heavy atom. The molecule has 3 heterocycles. The maximum Gasteiger partial charge on any atom is 0.434 e. The fraction of sp³-hybridized carbons (Fsp3) is 0.333. The summed E-state index contributed by atoms with van der Waals surface area (Å²) in [5.74, 6) is -0.866. The van der Waals surface area contributed by atoms with Gasteiger partial charge in [0, 0.05) is 31.7 Å². The molecule has 1 unspecified atom stereocenters. The SMILES string of the molecule is NC(=O)c1ccc(-n2ncc(C(=O)N3CC4CN(CC[CH]c5ccccc5)C[C@H]4C3)c2C(F)(F)F)cc1. The summed E-state index contributed by atoms with van der Waals surface area (Å²) in [6, 6.07) is 15.4. The number of hydrogen-bond donors (Lipinski definition) is 1. The molecule has 2 atom stereocenters. The van der Waals surface area contributed by atoms with Crippen LogP contribution in [0.15, 0.2) is 60.8 Å². The topological polar surface area (TPSA) is 84.5 Å². The van der Waals surface area contributed by atoms with E-state index in [1.54, 1.807) is 0 Å². The van der Waals surface area contributed by atoms with Gasteiger partial charge in [-0.15, -0.1) is 0 Å². The van der Waals surface area contributed by atoms with Crippen LogP contribution in [0.2, 0.25) is 0 Å². The van der Waals surface area contributed by atoms with Crippen molar-refractivity contribution in [3.05, 3.63) is 89.6 Å². The molecule has 2 fully saturated rings. The zero-order valence-electron chi connectivity index (χ0n) is 20.1. The predicted molar refractivity (Wildman–Crippen MR) is 131 cm³/mol. The van der Waals surface area contributed by atoms with Crippen LogP contribution < -0.4 is 5.73 Å². The summed E-state index contributed by atoms with van der Waals surface area (Å²) in [7, 11) is 0. The summed E-state index contributed by atoms with van der Waals surface area (Å²) in [5, 5.41) is 3.88. The number of likely N-dealkylation sites (tertiary alicyclic amines) is 2. The largest absolute Gasteiger partial charge is 0.434 e. The molecule has 0 aliphatic carbocycles. The molecule has 1 aromatic heterocycles. The van der Waals surface area contributed by atoms with E-state index < -0.39 is 29.2 Å². The van der Waals surface area contributed by atoms with E-state index >= 15 is 0 Å². The van der Waals surface area contributed by atoms with E-state index in [2.05, 4.69) is 28.6 Å². The van der Waals surface area contributed by atoms with Gasteiger partial charge in [-0.2, -0.15) is 18.3 Å². The summed E-state index contributed by atoms with van der Waals surface area (Å²) in [6.45, 7) is 3.43. The molecule has 2 aromatic carbocycles. The lowest BCUT2D eigenvalue weighted by atomic mass is 10.0. The van der Waals surface area contributed by atoms with Gasteiger partial charge in [0.25, 0.3) is 5.91 Å². The van der Waals surface area contributed by atoms with Gasteiger partial charge in [-0.3, -0.25) is 9.59 Å².